The Morgan fingerprint density at radius 1 is 1.19 bits per heavy atom. The summed E-state index contributed by atoms with van der Waals surface area (Å²) >= 11 is 5.15. The molecule has 21 heavy (non-hydrogen) atoms. The first-order valence-electron chi connectivity index (χ1n) is 6.72. The van der Waals surface area contributed by atoms with Crippen molar-refractivity contribution in [3.05, 3.63) is 41.7 Å². The van der Waals surface area contributed by atoms with Crippen molar-refractivity contribution in [2.75, 3.05) is 11.9 Å². The largest absolute Gasteiger partial charge is 0.424 e. The Balaban J connectivity index is 2.12. The molecule has 110 valence electrons. The van der Waals surface area contributed by atoms with Crippen LogP contribution in [0.5, 0.6) is 11.8 Å². The lowest BCUT2D eigenvalue weighted by Crippen LogP contribution is -2.27. The average Bonchev–Trinajstić information content (AvgIpc) is 2.37. The standard InChI is InChI=1S/C15H18N4OS/c1-4-16-15(21)19-12-6-5-7-13(9-12)20-14-17-10(2)8-11(3)18-14/h5-9H,4H2,1-3H3,(H2,16,19,21). The molecular weight excluding hydrogens is 284 g/mol. The van der Waals surface area contributed by atoms with Crippen molar-refractivity contribution in [1.29, 1.82) is 0 Å². The highest BCUT2D eigenvalue weighted by Gasteiger charge is 2.04. The SMILES string of the molecule is CCNC(=S)Nc1cccc(Oc2nc(C)cc(C)n2)c1. The topological polar surface area (TPSA) is 59.1 Å². The van der Waals surface area contributed by atoms with E-state index in [0.717, 1.165) is 23.6 Å². The Hall–Kier alpha value is -2.21. The third-order valence-electron chi connectivity index (χ3n) is 2.60. The van der Waals surface area contributed by atoms with Crippen molar-refractivity contribution in [1.82, 2.24) is 15.3 Å². The van der Waals surface area contributed by atoms with Crippen LogP contribution in [0.3, 0.4) is 0 Å². The van der Waals surface area contributed by atoms with Crippen LogP contribution in [0.1, 0.15) is 18.3 Å². The van der Waals surface area contributed by atoms with Gasteiger partial charge in [-0.25, -0.2) is 9.97 Å². The number of aromatic nitrogens is 2. The van der Waals surface area contributed by atoms with Crippen molar-refractivity contribution >= 4 is 23.0 Å². The van der Waals surface area contributed by atoms with E-state index < -0.39 is 0 Å². The summed E-state index contributed by atoms with van der Waals surface area (Å²) in [6.45, 7) is 6.59. The molecule has 6 heteroatoms. The first-order chi connectivity index (χ1) is 10.1. The van der Waals surface area contributed by atoms with Crippen LogP contribution in [0.25, 0.3) is 0 Å². The molecule has 2 rings (SSSR count). The summed E-state index contributed by atoms with van der Waals surface area (Å²) in [6, 6.07) is 9.75. The zero-order chi connectivity index (χ0) is 15.2. The lowest BCUT2D eigenvalue weighted by atomic mass is 10.3. The van der Waals surface area contributed by atoms with Gasteiger partial charge in [-0.05, 0) is 51.2 Å². The van der Waals surface area contributed by atoms with Crippen molar-refractivity contribution in [2.45, 2.75) is 20.8 Å². The number of thiocarbonyl (C=S) groups is 1. The second kappa shape index (κ2) is 6.99. The van der Waals surface area contributed by atoms with Crippen molar-refractivity contribution in [3.63, 3.8) is 0 Å². The maximum Gasteiger partial charge on any atom is 0.322 e. The molecule has 0 aliphatic carbocycles. The molecule has 0 radical (unpaired) electrons. The highest BCUT2D eigenvalue weighted by molar-refractivity contribution is 7.80. The van der Waals surface area contributed by atoms with Crippen LogP contribution in [-0.2, 0) is 0 Å². The van der Waals surface area contributed by atoms with Gasteiger partial charge in [-0.2, -0.15) is 0 Å². The molecule has 0 amide bonds. The molecule has 5 nitrogen and oxygen atoms in total. The van der Waals surface area contributed by atoms with Gasteiger partial charge in [0.15, 0.2) is 5.11 Å². The number of aryl methyl sites for hydroxylation is 2. The third kappa shape index (κ3) is 4.68. The molecule has 0 fully saturated rings. The number of anilines is 1. The van der Waals surface area contributed by atoms with Crippen molar-refractivity contribution < 1.29 is 4.74 Å². The second-order valence-electron chi connectivity index (χ2n) is 4.55. The van der Waals surface area contributed by atoms with Gasteiger partial charge in [-0.15, -0.1) is 0 Å². The van der Waals surface area contributed by atoms with E-state index in [4.69, 9.17) is 17.0 Å². The lowest BCUT2D eigenvalue weighted by Gasteiger charge is -2.10. The fourth-order valence-corrected chi connectivity index (χ4v) is 2.08. The van der Waals surface area contributed by atoms with E-state index in [9.17, 15) is 0 Å². The predicted octanol–water partition coefficient (Wildman–Crippen LogP) is 3.19. The first-order valence-corrected chi connectivity index (χ1v) is 7.12. The van der Waals surface area contributed by atoms with Crippen LogP contribution in [-0.4, -0.2) is 21.6 Å². The minimum absolute atomic E-state index is 0.346. The number of benzene rings is 1. The van der Waals surface area contributed by atoms with Gasteiger partial charge in [-0.3, -0.25) is 0 Å². The third-order valence-corrected chi connectivity index (χ3v) is 2.85. The highest BCUT2D eigenvalue weighted by Crippen LogP contribution is 2.22. The molecule has 2 aromatic rings. The molecule has 0 spiro atoms. The summed E-state index contributed by atoms with van der Waals surface area (Å²) < 4.78 is 5.70. The van der Waals surface area contributed by atoms with Crippen LogP contribution in [0.2, 0.25) is 0 Å². The zero-order valence-corrected chi connectivity index (χ0v) is 13.1. The molecule has 0 aliphatic rings. The first kappa shape index (κ1) is 15.2. The van der Waals surface area contributed by atoms with Gasteiger partial charge in [-0.1, -0.05) is 6.07 Å². The zero-order valence-electron chi connectivity index (χ0n) is 12.3. The molecule has 1 aromatic heterocycles. The Labute approximate surface area is 129 Å². The van der Waals surface area contributed by atoms with Gasteiger partial charge in [0.2, 0.25) is 0 Å². The summed E-state index contributed by atoms with van der Waals surface area (Å²) in [6.07, 6.45) is 0. The van der Waals surface area contributed by atoms with Crippen LogP contribution >= 0.6 is 12.2 Å². The van der Waals surface area contributed by atoms with E-state index in [-0.39, 0.29) is 0 Å². The average molecular weight is 302 g/mol. The normalized spacial score (nSPS) is 10.0. The van der Waals surface area contributed by atoms with Crippen LogP contribution in [0.15, 0.2) is 30.3 Å². The minimum atomic E-state index is 0.346. The van der Waals surface area contributed by atoms with Gasteiger partial charge in [0.1, 0.15) is 5.75 Å². The molecule has 0 saturated heterocycles. The fourth-order valence-electron chi connectivity index (χ4n) is 1.82. The Morgan fingerprint density at radius 2 is 1.90 bits per heavy atom. The van der Waals surface area contributed by atoms with Gasteiger partial charge < -0.3 is 15.4 Å². The van der Waals surface area contributed by atoms with E-state index in [2.05, 4.69) is 20.6 Å². The molecule has 1 heterocycles. The minimum Gasteiger partial charge on any atom is -0.424 e. The Morgan fingerprint density at radius 3 is 2.57 bits per heavy atom. The molecule has 0 bridgehead atoms. The summed E-state index contributed by atoms with van der Waals surface area (Å²) in [5.41, 5.74) is 2.60. The number of nitrogens with zero attached hydrogens (tertiary/aromatic N) is 2. The summed E-state index contributed by atoms with van der Waals surface area (Å²) in [5.74, 6) is 0.657. The summed E-state index contributed by atoms with van der Waals surface area (Å²) in [7, 11) is 0. The Kier molecular flexibility index (Phi) is 5.05. The molecule has 0 atom stereocenters. The molecular formula is C15H18N4OS. The number of rotatable bonds is 4. The fraction of sp³-hybridized carbons (Fsp3) is 0.267. The van der Waals surface area contributed by atoms with Gasteiger partial charge in [0.05, 0.1) is 0 Å². The molecule has 1 aromatic carbocycles. The van der Waals surface area contributed by atoms with E-state index in [1.165, 1.54) is 0 Å². The molecule has 2 N–H and O–H groups in total. The monoisotopic (exact) mass is 302 g/mol. The quantitative estimate of drug-likeness (QED) is 0.846. The van der Waals surface area contributed by atoms with Gasteiger partial charge >= 0.3 is 6.01 Å². The predicted molar refractivity (Wildman–Crippen MR) is 87.9 cm³/mol. The van der Waals surface area contributed by atoms with Gasteiger partial charge in [0, 0.05) is 29.7 Å². The van der Waals surface area contributed by atoms with E-state index in [1.54, 1.807) is 0 Å². The van der Waals surface area contributed by atoms with Crippen LogP contribution in [0, 0.1) is 13.8 Å². The number of hydrogen-bond acceptors (Lipinski definition) is 4. The van der Waals surface area contributed by atoms with Crippen LogP contribution < -0.4 is 15.4 Å². The number of hydrogen-bond donors (Lipinski definition) is 2. The number of nitrogens with one attached hydrogen (secondary N) is 2. The smallest absolute Gasteiger partial charge is 0.322 e. The number of ether oxygens (including phenoxy) is 1. The Bertz CT molecular complexity index is 625. The van der Waals surface area contributed by atoms with Crippen LogP contribution in [0.4, 0.5) is 5.69 Å². The van der Waals surface area contributed by atoms with Crippen molar-refractivity contribution in [3.8, 4) is 11.8 Å². The molecule has 0 aliphatic heterocycles. The molecule has 0 unspecified atom stereocenters. The summed E-state index contributed by atoms with van der Waals surface area (Å²) in [5, 5.41) is 6.71. The maximum absolute atomic E-state index is 5.70. The van der Waals surface area contributed by atoms with Crippen molar-refractivity contribution in [2.24, 2.45) is 0 Å². The summed E-state index contributed by atoms with van der Waals surface area (Å²) in [4.78, 5) is 8.51. The van der Waals surface area contributed by atoms with E-state index in [1.807, 2.05) is 51.1 Å². The molecule has 0 saturated carbocycles. The highest BCUT2D eigenvalue weighted by atomic mass is 32.1. The lowest BCUT2D eigenvalue weighted by molar-refractivity contribution is 0.439. The van der Waals surface area contributed by atoms with Gasteiger partial charge in [0.25, 0.3) is 0 Å². The van der Waals surface area contributed by atoms with E-state index >= 15 is 0 Å². The maximum atomic E-state index is 5.70. The van der Waals surface area contributed by atoms with E-state index in [0.29, 0.717) is 16.9 Å². The second-order valence-corrected chi connectivity index (χ2v) is 4.96.